The molecule has 0 saturated carbocycles. The molecule has 2 N–H and O–H groups in total. The van der Waals surface area contributed by atoms with Gasteiger partial charge in [-0.05, 0) is 43.0 Å². The average Bonchev–Trinajstić information content (AvgIpc) is 3.05. The Hall–Kier alpha value is -0.980. The van der Waals surface area contributed by atoms with Gasteiger partial charge in [0.2, 0.25) is 0 Å². The lowest BCUT2D eigenvalue weighted by Gasteiger charge is -2.24. The van der Waals surface area contributed by atoms with Crippen LogP contribution in [-0.2, 0) is 13.2 Å². The third kappa shape index (κ3) is 5.83. The highest BCUT2D eigenvalue weighted by Gasteiger charge is 2.17. The zero-order valence-electron chi connectivity index (χ0n) is 13.9. The summed E-state index contributed by atoms with van der Waals surface area (Å²) in [5.74, 6) is 1.15. The fourth-order valence-corrected chi connectivity index (χ4v) is 2.85. The summed E-state index contributed by atoms with van der Waals surface area (Å²) < 4.78 is 11.2. The second kappa shape index (κ2) is 9.49. The summed E-state index contributed by atoms with van der Waals surface area (Å²) in [6.07, 6.45) is 0. The number of methoxy groups -OCH3 is 1. The number of aliphatic hydroxyl groups excluding tert-OH is 1. The molecule has 0 aliphatic heterocycles. The standard InChI is InChI=1S/C17H22ClNO3S.ClH/c1-17(2,11-20)19-9-12-7-14(18)16(15(8-12)21-3)22-10-13-5-4-6-23-13;/h4-8,19-20H,9-11H2,1-3H3;1H/p-1. The van der Waals surface area contributed by atoms with Gasteiger partial charge < -0.3 is 32.3 Å². The second-order valence-electron chi connectivity index (χ2n) is 5.87. The first-order valence-corrected chi connectivity index (χ1v) is 8.58. The Morgan fingerprint density at radius 1 is 1.33 bits per heavy atom. The maximum absolute atomic E-state index is 9.30. The van der Waals surface area contributed by atoms with Crippen molar-refractivity contribution in [3.05, 3.63) is 45.1 Å². The molecule has 0 atom stereocenters. The number of hydrogen-bond acceptors (Lipinski definition) is 5. The number of halogens is 2. The predicted molar refractivity (Wildman–Crippen MR) is 94.7 cm³/mol. The highest BCUT2D eigenvalue weighted by atomic mass is 35.5. The topological polar surface area (TPSA) is 50.7 Å². The van der Waals surface area contributed by atoms with Crippen LogP contribution < -0.4 is 27.2 Å². The van der Waals surface area contributed by atoms with Gasteiger partial charge >= 0.3 is 0 Å². The van der Waals surface area contributed by atoms with E-state index in [9.17, 15) is 5.11 Å². The van der Waals surface area contributed by atoms with Crippen molar-refractivity contribution >= 4 is 22.9 Å². The smallest absolute Gasteiger partial charge is 0.180 e. The lowest BCUT2D eigenvalue weighted by Crippen LogP contribution is -3.00. The zero-order valence-corrected chi connectivity index (χ0v) is 16.3. The van der Waals surface area contributed by atoms with E-state index in [1.807, 2.05) is 43.5 Å². The molecule has 0 bridgehead atoms. The van der Waals surface area contributed by atoms with E-state index in [0.29, 0.717) is 29.7 Å². The molecule has 0 unspecified atom stereocenters. The minimum Gasteiger partial charge on any atom is -1.00 e. The van der Waals surface area contributed by atoms with Gasteiger partial charge in [-0.2, -0.15) is 0 Å². The van der Waals surface area contributed by atoms with E-state index in [2.05, 4.69) is 5.32 Å². The van der Waals surface area contributed by atoms with Gasteiger partial charge in [-0.1, -0.05) is 17.7 Å². The van der Waals surface area contributed by atoms with Crippen molar-refractivity contribution in [3.8, 4) is 11.5 Å². The van der Waals surface area contributed by atoms with E-state index in [1.165, 1.54) is 0 Å². The number of ether oxygens (including phenoxy) is 2. The Bertz CT molecular complexity index is 633. The maximum Gasteiger partial charge on any atom is 0.180 e. The molecule has 0 saturated heterocycles. The number of aliphatic hydroxyl groups is 1. The molecule has 0 amide bonds. The van der Waals surface area contributed by atoms with Gasteiger partial charge in [0, 0.05) is 17.0 Å². The number of benzene rings is 1. The van der Waals surface area contributed by atoms with Gasteiger partial charge in [-0.3, -0.25) is 0 Å². The van der Waals surface area contributed by atoms with Gasteiger partial charge in [-0.15, -0.1) is 11.3 Å². The van der Waals surface area contributed by atoms with E-state index in [4.69, 9.17) is 21.1 Å². The van der Waals surface area contributed by atoms with Crippen molar-refractivity contribution < 1.29 is 27.0 Å². The van der Waals surface area contributed by atoms with Gasteiger partial charge in [0.1, 0.15) is 6.61 Å². The highest BCUT2D eigenvalue weighted by Crippen LogP contribution is 2.37. The Morgan fingerprint density at radius 2 is 2.08 bits per heavy atom. The molecule has 0 aliphatic rings. The molecular formula is C17H22Cl2NO3S-. The van der Waals surface area contributed by atoms with Crippen LogP contribution in [0.3, 0.4) is 0 Å². The molecule has 24 heavy (non-hydrogen) atoms. The zero-order chi connectivity index (χ0) is 16.9. The quantitative estimate of drug-likeness (QED) is 0.701. The minimum atomic E-state index is -0.353. The third-order valence-electron chi connectivity index (χ3n) is 3.39. The average molecular weight is 391 g/mol. The van der Waals surface area contributed by atoms with E-state index in [1.54, 1.807) is 18.4 Å². The third-order valence-corrected chi connectivity index (χ3v) is 4.53. The Balaban J connectivity index is 0.00000288. The van der Waals surface area contributed by atoms with Crippen molar-refractivity contribution in [2.24, 2.45) is 0 Å². The molecule has 2 aromatic rings. The number of rotatable bonds is 8. The van der Waals surface area contributed by atoms with Gasteiger partial charge in [0.05, 0.1) is 18.7 Å². The molecular weight excluding hydrogens is 369 g/mol. The summed E-state index contributed by atoms with van der Waals surface area (Å²) >= 11 is 7.99. The Kier molecular flexibility index (Phi) is 8.33. The largest absolute Gasteiger partial charge is 1.00 e. The Labute approximate surface area is 158 Å². The van der Waals surface area contributed by atoms with Gasteiger partial charge in [0.25, 0.3) is 0 Å². The molecule has 1 aromatic heterocycles. The minimum absolute atomic E-state index is 0. The predicted octanol–water partition coefficient (Wildman–Crippen LogP) is 0.854. The van der Waals surface area contributed by atoms with Crippen LogP contribution in [0.25, 0.3) is 0 Å². The first-order valence-electron chi connectivity index (χ1n) is 7.32. The van der Waals surface area contributed by atoms with Gasteiger partial charge in [0.15, 0.2) is 11.5 Å². The van der Waals surface area contributed by atoms with Crippen LogP contribution in [0, 0.1) is 0 Å². The first-order chi connectivity index (χ1) is 10.9. The SMILES string of the molecule is COc1cc(CNC(C)(C)CO)cc(Cl)c1OCc1cccs1.[Cl-]. The summed E-state index contributed by atoms with van der Waals surface area (Å²) in [5, 5.41) is 15.1. The summed E-state index contributed by atoms with van der Waals surface area (Å²) in [5.41, 5.74) is 0.616. The number of nitrogens with one attached hydrogen (secondary N) is 1. The lowest BCUT2D eigenvalue weighted by molar-refractivity contribution is -0.00000616. The lowest BCUT2D eigenvalue weighted by atomic mass is 10.1. The molecule has 4 nitrogen and oxygen atoms in total. The summed E-state index contributed by atoms with van der Waals surface area (Å²) in [6.45, 7) is 4.96. The molecule has 2 rings (SSSR count). The van der Waals surface area contributed by atoms with E-state index < -0.39 is 0 Å². The fraction of sp³-hybridized carbons (Fsp3) is 0.412. The van der Waals surface area contributed by atoms with Crippen molar-refractivity contribution in [1.29, 1.82) is 0 Å². The molecule has 7 heteroatoms. The second-order valence-corrected chi connectivity index (χ2v) is 7.31. The van der Waals surface area contributed by atoms with Crippen LogP contribution in [-0.4, -0.2) is 24.4 Å². The van der Waals surface area contributed by atoms with Crippen LogP contribution >= 0.6 is 22.9 Å². The van der Waals surface area contributed by atoms with Crippen LogP contribution in [0.2, 0.25) is 5.02 Å². The van der Waals surface area contributed by atoms with Crippen molar-refractivity contribution in [2.45, 2.75) is 32.5 Å². The fourth-order valence-electron chi connectivity index (χ4n) is 1.95. The monoisotopic (exact) mass is 390 g/mol. The van der Waals surface area contributed by atoms with E-state index in [-0.39, 0.29) is 24.6 Å². The van der Waals surface area contributed by atoms with E-state index in [0.717, 1.165) is 10.4 Å². The summed E-state index contributed by atoms with van der Waals surface area (Å²) in [7, 11) is 1.60. The van der Waals surface area contributed by atoms with E-state index >= 15 is 0 Å². The van der Waals surface area contributed by atoms with Gasteiger partial charge in [-0.25, -0.2) is 0 Å². The highest BCUT2D eigenvalue weighted by molar-refractivity contribution is 7.09. The van der Waals surface area contributed by atoms with Crippen molar-refractivity contribution in [1.82, 2.24) is 5.32 Å². The van der Waals surface area contributed by atoms with Crippen molar-refractivity contribution in [3.63, 3.8) is 0 Å². The van der Waals surface area contributed by atoms with Crippen molar-refractivity contribution in [2.75, 3.05) is 13.7 Å². The summed E-state index contributed by atoms with van der Waals surface area (Å²) in [4.78, 5) is 1.12. The molecule has 1 heterocycles. The molecule has 0 aliphatic carbocycles. The molecule has 134 valence electrons. The normalized spacial score (nSPS) is 11.0. The molecule has 0 fully saturated rings. The number of hydrogen-bond donors (Lipinski definition) is 2. The first kappa shape index (κ1) is 21.1. The van der Waals surface area contributed by atoms with Crippen LogP contribution in [0.15, 0.2) is 29.6 Å². The number of thiophene rings is 1. The molecule has 1 aromatic carbocycles. The summed E-state index contributed by atoms with van der Waals surface area (Å²) in [6, 6.07) is 7.75. The maximum atomic E-state index is 9.30. The molecule has 0 spiro atoms. The van der Waals surface area contributed by atoms with Crippen LogP contribution in [0.1, 0.15) is 24.3 Å². The Morgan fingerprint density at radius 3 is 2.67 bits per heavy atom. The van der Waals surface area contributed by atoms with Crippen LogP contribution in [0.4, 0.5) is 0 Å². The van der Waals surface area contributed by atoms with Crippen LogP contribution in [0.5, 0.6) is 11.5 Å². The molecule has 0 radical (unpaired) electrons.